The van der Waals surface area contributed by atoms with E-state index in [1.54, 1.807) is 12.4 Å². The number of nitrogens with one attached hydrogen (secondary N) is 2. The summed E-state index contributed by atoms with van der Waals surface area (Å²) in [6.07, 6.45) is 8.76. The van der Waals surface area contributed by atoms with Crippen LogP contribution in [0.1, 0.15) is 11.1 Å². The van der Waals surface area contributed by atoms with Gasteiger partial charge in [-0.3, -0.25) is 9.78 Å². The monoisotopic (exact) mass is 455 g/mol. The van der Waals surface area contributed by atoms with Gasteiger partial charge in [0, 0.05) is 30.9 Å². The number of amides is 1. The van der Waals surface area contributed by atoms with E-state index >= 15 is 0 Å². The first-order valence-corrected chi connectivity index (χ1v) is 10.7. The number of pyridine rings is 1. The molecule has 8 nitrogen and oxygen atoms in total. The number of ether oxygens (including phenoxy) is 2. The molecule has 0 saturated carbocycles. The maximum absolute atomic E-state index is 11.5. The van der Waals surface area contributed by atoms with Gasteiger partial charge in [0.2, 0.25) is 5.91 Å². The van der Waals surface area contributed by atoms with Crippen LogP contribution in [0.4, 0.5) is 11.5 Å². The Morgan fingerprint density at radius 2 is 2.03 bits per heavy atom. The quantitative estimate of drug-likeness (QED) is 0.379. The fraction of sp³-hybridized carbons (Fsp3) is 0.154. The van der Waals surface area contributed by atoms with Gasteiger partial charge >= 0.3 is 0 Å². The van der Waals surface area contributed by atoms with Crippen LogP contribution in [-0.2, 0) is 9.53 Å². The van der Waals surface area contributed by atoms with Gasteiger partial charge in [0.1, 0.15) is 30.3 Å². The van der Waals surface area contributed by atoms with Crippen LogP contribution < -0.4 is 15.4 Å². The first kappa shape index (κ1) is 22.9. The zero-order valence-corrected chi connectivity index (χ0v) is 19.0. The Hall–Kier alpha value is -4.30. The Morgan fingerprint density at radius 3 is 2.82 bits per heavy atom. The Kier molecular flexibility index (Phi) is 7.42. The molecule has 34 heavy (non-hydrogen) atoms. The van der Waals surface area contributed by atoms with Crippen molar-refractivity contribution in [1.29, 1.82) is 0 Å². The van der Waals surface area contributed by atoms with Crippen molar-refractivity contribution in [3.8, 4) is 11.5 Å². The summed E-state index contributed by atoms with van der Waals surface area (Å²) in [4.78, 5) is 24.4. The smallest absolute Gasteiger partial charge is 0.246 e. The third kappa shape index (κ3) is 5.93. The van der Waals surface area contributed by atoms with Gasteiger partial charge in [-0.2, -0.15) is 0 Å². The minimum Gasteiger partial charge on any atom is -0.455 e. The average molecular weight is 456 g/mol. The van der Waals surface area contributed by atoms with Crippen molar-refractivity contribution in [3.05, 3.63) is 84.5 Å². The molecule has 0 aliphatic rings. The lowest BCUT2D eigenvalue weighted by Gasteiger charge is -2.12. The Balaban J connectivity index is 1.50. The number of hydrogen-bond acceptors (Lipinski definition) is 7. The number of rotatable bonds is 9. The molecule has 2 aromatic carbocycles. The van der Waals surface area contributed by atoms with Gasteiger partial charge in [-0.25, -0.2) is 9.97 Å². The molecule has 2 aromatic heterocycles. The number of benzene rings is 2. The second kappa shape index (κ2) is 11.0. The zero-order valence-electron chi connectivity index (χ0n) is 19.0. The number of aromatic nitrogens is 3. The molecular weight excluding hydrogens is 430 g/mol. The summed E-state index contributed by atoms with van der Waals surface area (Å²) in [5.41, 5.74) is 3.67. The fourth-order valence-electron chi connectivity index (χ4n) is 3.34. The number of fused-ring (bicyclic) bond motifs is 1. The van der Waals surface area contributed by atoms with Crippen LogP contribution in [0.5, 0.6) is 11.5 Å². The number of anilines is 2. The third-order valence-electron chi connectivity index (χ3n) is 4.96. The molecular formula is C26H25N5O3. The van der Waals surface area contributed by atoms with Crippen LogP contribution in [0, 0.1) is 6.92 Å². The molecule has 0 spiro atoms. The van der Waals surface area contributed by atoms with Crippen LogP contribution in [0.3, 0.4) is 0 Å². The number of hydrogen-bond donors (Lipinski definition) is 2. The van der Waals surface area contributed by atoms with Crippen LogP contribution in [0.15, 0.2) is 73.3 Å². The van der Waals surface area contributed by atoms with E-state index in [2.05, 4.69) is 25.6 Å². The average Bonchev–Trinajstić information content (AvgIpc) is 2.85. The molecule has 8 heteroatoms. The van der Waals surface area contributed by atoms with Crippen LogP contribution in [0.2, 0.25) is 0 Å². The van der Waals surface area contributed by atoms with E-state index in [0.29, 0.717) is 18.1 Å². The fourth-order valence-corrected chi connectivity index (χ4v) is 3.34. The van der Waals surface area contributed by atoms with Crippen LogP contribution in [0.25, 0.3) is 17.0 Å². The van der Waals surface area contributed by atoms with Crippen molar-refractivity contribution in [1.82, 2.24) is 20.3 Å². The summed E-state index contributed by atoms with van der Waals surface area (Å²) < 4.78 is 10.7. The summed E-state index contributed by atoms with van der Waals surface area (Å²) in [7, 11) is 1.49. The maximum atomic E-state index is 11.5. The Bertz CT molecular complexity index is 1310. The van der Waals surface area contributed by atoms with E-state index in [1.165, 1.54) is 13.4 Å². The van der Waals surface area contributed by atoms with Crippen molar-refractivity contribution in [2.45, 2.75) is 6.92 Å². The van der Waals surface area contributed by atoms with Crippen LogP contribution in [-0.4, -0.2) is 41.1 Å². The maximum Gasteiger partial charge on any atom is 0.246 e. The first-order valence-electron chi connectivity index (χ1n) is 10.7. The topological polar surface area (TPSA) is 98.3 Å². The molecule has 4 aromatic rings. The van der Waals surface area contributed by atoms with Gasteiger partial charge in [0.15, 0.2) is 0 Å². The highest BCUT2D eigenvalue weighted by atomic mass is 16.5. The van der Waals surface area contributed by atoms with Gasteiger partial charge in [0.05, 0.1) is 11.7 Å². The number of carbonyl (C=O) groups is 1. The van der Waals surface area contributed by atoms with Gasteiger partial charge in [0.25, 0.3) is 0 Å². The number of nitrogens with zero attached hydrogens (tertiary/aromatic N) is 3. The van der Waals surface area contributed by atoms with Crippen LogP contribution >= 0.6 is 0 Å². The van der Waals surface area contributed by atoms with E-state index in [-0.39, 0.29) is 12.5 Å². The van der Waals surface area contributed by atoms with E-state index in [0.717, 1.165) is 33.5 Å². The zero-order chi connectivity index (χ0) is 23.8. The molecule has 0 aliphatic heterocycles. The highest BCUT2D eigenvalue weighted by molar-refractivity contribution is 5.92. The number of aryl methyl sites for hydroxylation is 1. The molecule has 0 radical (unpaired) electrons. The van der Waals surface area contributed by atoms with E-state index < -0.39 is 0 Å². The number of methoxy groups -OCH3 is 1. The predicted molar refractivity (Wildman–Crippen MR) is 132 cm³/mol. The van der Waals surface area contributed by atoms with Gasteiger partial charge < -0.3 is 20.1 Å². The van der Waals surface area contributed by atoms with E-state index in [9.17, 15) is 4.79 Å². The highest BCUT2D eigenvalue weighted by Crippen LogP contribution is 2.29. The minimum atomic E-state index is -0.155. The standard InChI is InChI=1S/C26H25N5O3/c1-18-13-20(8-10-24(18)34-21-6-4-11-27-15-21)31-26-22-14-19(7-9-23(22)29-17-30-26)5-3-12-28-25(32)16-33-2/h3-11,13-15,17H,12,16H2,1-2H3,(H,28,32)(H,29,30,31). The first-order chi connectivity index (χ1) is 16.6. The van der Waals surface area contributed by atoms with E-state index in [4.69, 9.17) is 9.47 Å². The molecule has 172 valence electrons. The second-order valence-electron chi connectivity index (χ2n) is 7.53. The molecule has 0 fully saturated rings. The normalized spacial score (nSPS) is 11.0. The lowest BCUT2D eigenvalue weighted by Crippen LogP contribution is -2.26. The van der Waals surface area contributed by atoms with E-state index in [1.807, 2.05) is 67.6 Å². The van der Waals surface area contributed by atoms with Crippen molar-refractivity contribution >= 4 is 34.4 Å². The lowest BCUT2D eigenvalue weighted by atomic mass is 10.1. The SMILES string of the molecule is COCC(=O)NCC=Cc1ccc2ncnc(Nc3ccc(Oc4cccnc4)c(C)c3)c2c1. The largest absolute Gasteiger partial charge is 0.455 e. The molecule has 0 bridgehead atoms. The van der Waals surface area contributed by atoms with Crippen molar-refractivity contribution in [2.24, 2.45) is 0 Å². The van der Waals surface area contributed by atoms with Gasteiger partial charge in [-0.1, -0.05) is 18.2 Å². The molecule has 4 rings (SSSR count). The van der Waals surface area contributed by atoms with Gasteiger partial charge in [-0.05, 0) is 60.5 Å². The number of carbonyl (C=O) groups excluding carboxylic acids is 1. The summed E-state index contributed by atoms with van der Waals surface area (Å²) in [5, 5.41) is 7.04. The molecule has 2 N–H and O–H groups in total. The third-order valence-corrected chi connectivity index (χ3v) is 4.96. The molecule has 0 unspecified atom stereocenters. The molecule has 0 saturated heterocycles. The van der Waals surface area contributed by atoms with Gasteiger partial charge in [-0.15, -0.1) is 0 Å². The molecule has 2 heterocycles. The second-order valence-corrected chi connectivity index (χ2v) is 7.53. The summed E-state index contributed by atoms with van der Waals surface area (Å²) in [6.45, 7) is 2.46. The van der Waals surface area contributed by atoms with Crippen molar-refractivity contribution in [2.75, 3.05) is 25.6 Å². The Labute approximate surface area is 197 Å². The van der Waals surface area contributed by atoms with Crippen molar-refractivity contribution < 1.29 is 14.3 Å². The summed E-state index contributed by atoms with van der Waals surface area (Å²) >= 11 is 0. The highest BCUT2D eigenvalue weighted by Gasteiger charge is 2.08. The summed E-state index contributed by atoms with van der Waals surface area (Å²) in [6, 6.07) is 15.5. The molecule has 1 amide bonds. The van der Waals surface area contributed by atoms with Crippen molar-refractivity contribution in [3.63, 3.8) is 0 Å². The molecule has 0 atom stereocenters. The minimum absolute atomic E-state index is 0.0478. The summed E-state index contributed by atoms with van der Waals surface area (Å²) in [5.74, 6) is 2.00. The predicted octanol–water partition coefficient (Wildman–Crippen LogP) is 4.64. The lowest BCUT2D eigenvalue weighted by molar-refractivity contribution is -0.124. The molecule has 0 aliphatic carbocycles. The Morgan fingerprint density at radius 1 is 1.12 bits per heavy atom.